The fourth-order valence-electron chi connectivity index (χ4n) is 2.79. The van der Waals surface area contributed by atoms with E-state index in [2.05, 4.69) is 28.8 Å². The summed E-state index contributed by atoms with van der Waals surface area (Å²) in [5, 5.41) is 7.44. The van der Waals surface area contributed by atoms with E-state index in [0.29, 0.717) is 29.9 Å². The molecule has 0 radical (unpaired) electrons. The van der Waals surface area contributed by atoms with Crippen LogP contribution < -0.4 is 26.9 Å². The number of hydrogen-bond donors (Lipinski definition) is 4. The van der Waals surface area contributed by atoms with Crippen molar-refractivity contribution in [2.24, 2.45) is 5.73 Å². The molecule has 0 bridgehead atoms. The SMILES string of the molecule is C=C/C=C(N)\C(=C/C)NC(=O)CCCCCNC(=O)/C(C=C)=c1\[nH]cc\c1=C\C. The minimum absolute atomic E-state index is 0.0834. The Bertz CT molecular complexity index is 904. The maximum atomic E-state index is 12.4. The van der Waals surface area contributed by atoms with Crippen LogP contribution in [0.25, 0.3) is 11.6 Å². The first kappa shape index (κ1) is 23.8. The first-order chi connectivity index (χ1) is 14.0. The molecule has 2 amide bonds. The predicted octanol–water partition coefficient (Wildman–Crippen LogP) is 1.88. The van der Waals surface area contributed by atoms with Crippen molar-refractivity contribution in [1.29, 1.82) is 0 Å². The summed E-state index contributed by atoms with van der Waals surface area (Å²) in [6.07, 6.45) is 13.0. The lowest BCUT2D eigenvalue weighted by Crippen LogP contribution is -2.33. The normalized spacial score (nSPS) is 13.7. The molecule has 1 rings (SSSR count). The molecule has 0 aliphatic heterocycles. The summed E-state index contributed by atoms with van der Waals surface area (Å²) in [4.78, 5) is 27.5. The maximum absolute atomic E-state index is 12.4. The number of aromatic nitrogens is 1. The molecule has 0 spiro atoms. The lowest BCUT2D eigenvalue weighted by Gasteiger charge is -2.10. The molecule has 6 nitrogen and oxygen atoms in total. The second-order valence-electron chi connectivity index (χ2n) is 6.39. The largest absolute Gasteiger partial charge is 0.397 e. The zero-order chi connectivity index (χ0) is 21.6. The van der Waals surface area contributed by atoms with Gasteiger partial charge in [0.1, 0.15) is 0 Å². The van der Waals surface area contributed by atoms with Gasteiger partial charge in [0.25, 0.3) is 5.91 Å². The molecule has 0 saturated heterocycles. The quantitative estimate of drug-likeness (QED) is 0.339. The van der Waals surface area contributed by atoms with Crippen molar-refractivity contribution in [3.63, 3.8) is 0 Å². The number of hydrogen-bond acceptors (Lipinski definition) is 3. The number of H-pyrrole nitrogens is 1. The van der Waals surface area contributed by atoms with Crippen LogP contribution in [0, 0.1) is 0 Å². The number of unbranched alkanes of at least 4 members (excludes halogenated alkanes) is 2. The zero-order valence-corrected chi connectivity index (χ0v) is 17.4. The molecule has 1 aromatic rings. The Morgan fingerprint density at radius 3 is 2.59 bits per heavy atom. The van der Waals surface area contributed by atoms with Crippen molar-refractivity contribution >= 4 is 23.5 Å². The molecule has 0 aromatic carbocycles. The van der Waals surface area contributed by atoms with Gasteiger partial charge in [-0.15, -0.1) is 0 Å². The fraction of sp³-hybridized carbons (Fsp3) is 0.304. The molecular weight excluding hydrogens is 364 g/mol. The lowest BCUT2D eigenvalue weighted by molar-refractivity contribution is -0.120. The predicted molar refractivity (Wildman–Crippen MR) is 120 cm³/mol. The minimum atomic E-state index is -0.162. The van der Waals surface area contributed by atoms with Crippen LogP contribution in [0.2, 0.25) is 0 Å². The van der Waals surface area contributed by atoms with Crippen LogP contribution >= 0.6 is 0 Å². The lowest BCUT2D eigenvalue weighted by atomic mass is 10.1. The van der Waals surface area contributed by atoms with E-state index in [1.54, 1.807) is 30.5 Å². The van der Waals surface area contributed by atoms with Crippen molar-refractivity contribution in [2.75, 3.05) is 6.54 Å². The number of nitrogens with one attached hydrogen (secondary N) is 3. The van der Waals surface area contributed by atoms with Crippen LogP contribution in [0.4, 0.5) is 0 Å². The van der Waals surface area contributed by atoms with Crippen LogP contribution in [0.3, 0.4) is 0 Å². The fourth-order valence-corrected chi connectivity index (χ4v) is 2.79. The molecular formula is C23H32N4O2. The van der Waals surface area contributed by atoms with Gasteiger partial charge < -0.3 is 21.4 Å². The molecule has 1 heterocycles. The number of amides is 2. The van der Waals surface area contributed by atoms with E-state index in [1.807, 2.05) is 26.0 Å². The molecule has 156 valence electrons. The number of carbonyl (C=O) groups is 2. The summed E-state index contributed by atoms with van der Waals surface area (Å²) in [5.41, 5.74) is 7.43. The van der Waals surface area contributed by atoms with Gasteiger partial charge in [0.2, 0.25) is 5.91 Å². The highest BCUT2D eigenvalue weighted by molar-refractivity contribution is 6.16. The van der Waals surface area contributed by atoms with Crippen molar-refractivity contribution in [3.8, 4) is 0 Å². The van der Waals surface area contributed by atoms with Crippen LogP contribution in [0.1, 0.15) is 39.5 Å². The van der Waals surface area contributed by atoms with Crippen molar-refractivity contribution < 1.29 is 9.59 Å². The third-order valence-corrected chi connectivity index (χ3v) is 4.35. The molecule has 0 atom stereocenters. The molecule has 0 aliphatic rings. The topological polar surface area (TPSA) is 100 Å². The number of carbonyl (C=O) groups excluding carboxylic acids is 2. The number of aromatic amines is 1. The van der Waals surface area contributed by atoms with Gasteiger partial charge in [-0.25, -0.2) is 0 Å². The van der Waals surface area contributed by atoms with E-state index in [9.17, 15) is 9.59 Å². The summed E-state index contributed by atoms with van der Waals surface area (Å²) in [5.74, 6) is -0.245. The molecule has 1 aromatic heterocycles. The summed E-state index contributed by atoms with van der Waals surface area (Å²) in [6.45, 7) is 11.6. The average molecular weight is 397 g/mol. The summed E-state index contributed by atoms with van der Waals surface area (Å²) < 4.78 is 0. The van der Waals surface area contributed by atoms with Gasteiger partial charge in [0.05, 0.1) is 22.3 Å². The molecule has 29 heavy (non-hydrogen) atoms. The second-order valence-corrected chi connectivity index (χ2v) is 6.39. The van der Waals surface area contributed by atoms with Gasteiger partial charge in [-0.05, 0) is 44.1 Å². The first-order valence-electron chi connectivity index (χ1n) is 9.77. The number of allylic oxidation sites excluding steroid dienone is 3. The van der Waals surface area contributed by atoms with Crippen molar-refractivity contribution in [1.82, 2.24) is 15.6 Å². The Morgan fingerprint density at radius 2 is 1.97 bits per heavy atom. The van der Waals surface area contributed by atoms with Crippen molar-refractivity contribution in [3.05, 3.63) is 71.7 Å². The van der Waals surface area contributed by atoms with Gasteiger partial charge in [0.15, 0.2) is 0 Å². The van der Waals surface area contributed by atoms with Crippen LogP contribution in [0.5, 0.6) is 0 Å². The van der Waals surface area contributed by atoms with E-state index in [0.717, 1.165) is 29.8 Å². The Labute approximate surface area is 172 Å². The van der Waals surface area contributed by atoms with E-state index in [-0.39, 0.29) is 11.8 Å². The Hall–Kier alpha value is -3.28. The second kappa shape index (κ2) is 13.0. The Kier molecular flexibility index (Phi) is 10.6. The highest BCUT2D eigenvalue weighted by Crippen LogP contribution is 2.04. The number of nitrogens with two attached hydrogens (primary N) is 1. The summed E-state index contributed by atoms with van der Waals surface area (Å²) in [6, 6.07) is 1.91. The Morgan fingerprint density at radius 1 is 1.21 bits per heavy atom. The molecule has 0 saturated carbocycles. The molecule has 0 unspecified atom stereocenters. The molecule has 6 heteroatoms. The molecule has 5 N–H and O–H groups in total. The van der Waals surface area contributed by atoms with Gasteiger partial charge >= 0.3 is 0 Å². The third-order valence-electron chi connectivity index (χ3n) is 4.35. The summed E-state index contributed by atoms with van der Waals surface area (Å²) >= 11 is 0. The average Bonchev–Trinajstić information content (AvgIpc) is 3.17. The standard InChI is InChI=1S/C23H32N4O2/c1-5-12-19(24)20(8-4)27-21(28)13-10-9-11-15-26-23(29)18(7-3)22-17(6-2)14-16-25-22/h5-8,12,14,16,25H,1,3,9-11,13,15,24H2,2,4H3,(H,26,29)(H,27,28)/b17-6-,19-12+,20-8+,22-18-. The molecule has 0 aliphatic carbocycles. The number of rotatable bonds is 11. The van der Waals surface area contributed by atoms with Gasteiger partial charge in [-0.1, -0.05) is 43.9 Å². The highest BCUT2D eigenvalue weighted by atomic mass is 16.2. The monoisotopic (exact) mass is 396 g/mol. The van der Waals surface area contributed by atoms with E-state index in [4.69, 9.17) is 5.73 Å². The molecule has 0 fully saturated rings. The van der Waals surface area contributed by atoms with E-state index in [1.165, 1.54) is 0 Å². The van der Waals surface area contributed by atoms with E-state index >= 15 is 0 Å². The van der Waals surface area contributed by atoms with Crippen LogP contribution in [-0.4, -0.2) is 23.3 Å². The highest BCUT2D eigenvalue weighted by Gasteiger charge is 2.08. The van der Waals surface area contributed by atoms with Crippen LogP contribution in [0.15, 0.2) is 61.1 Å². The first-order valence-corrected chi connectivity index (χ1v) is 9.77. The van der Waals surface area contributed by atoms with Gasteiger partial charge in [0, 0.05) is 19.2 Å². The third kappa shape index (κ3) is 7.70. The van der Waals surface area contributed by atoms with Gasteiger partial charge in [-0.2, -0.15) is 0 Å². The summed E-state index contributed by atoms with van der Waals surface area (Å²) in [7, 11) is 0. The Balaban J connectivity index is 2.41. The smallest absolute Gasteiger partial charge is 0.253 e. The van der Waals surface area contributed by atoms with Gasteiger partial charge in [-0.3, -0.25) is 9.59 Å². The van der Waals surface area contributed by atoms with Crippen molar-refractivity contribution in [2.45, 2.75) is 39.5 Å². The van der Waals surface area contributed by atoms with E-state index < -0.39 is 0 Å². The minimum Gasteiger partial charge on any atom is -0.397 e. The zero-order valence-electron chi connectivity index (χ0n) is 17.4. The maximum Gasteiger partial charge on any atom is 0.253 e. The van der Waals surface area contributed by atoms with Crippen LogP contribution in [-0.2, 0) is 9.59 Å².